The zero-order chi connectivity index (χ0) is 19.4. The van der Waals surface area contributed by atoms with Crippen molar-refractivity contribution in [1.29, 1.82) is 0 Å². The predicted molar refractivity (Wildman–Crippen MR) is 113 cm³/mol. The molecular formula is C24H37NO2. The lowest BCUT2D eigenvalue weighted by Gasteiger charge is -2.04. The van der Waals surface area contributed by atoms with E-state index in [1.54, 1.807) is 12.4 Å². The van der Waals surface area contributed by atoms with Crippen LogP contribution in [-0.2, 0) is 16.1 Å². The van der Waals surface area contributed by atoms with Crippen LogP contribution in [0.15, 0.2) is 48.8 Å². The molecular weight excluding hydrogens is 334 g/mol. The van der Waals surface area contributed by atoms with Gasteiger partial charge >= 0.3 is 5.97 Å². The monoisotopic (exact) mass is 371 g/mol. The fourth-order valence-corrected chi connectivity index (χ4v) is 2.77. The highest BCUT2D eigenvalue weighted by Gasteiger charge is 2.03. The van der Waals surface area contributed by atoms with Crippen LogP contribution in [0.4, 0.5) is 0 Å². The fourth-order valence-electron chi connectivity index (χ4n) is 2.77. The maximum atomic E-state index is 11.7. The minimum absolute atomic E-state index is 0.106. The average molecular weight is 372 g/mol. The molecule has 1 aromatic rings. The lowest BCUT2D eigenvalue weighted by atomic mass is 10.1. The number of esters is 1. The van der Waals surface area contributed by atoms with Gasteiger partial charge in [0.1, 0.15) is 6.61 Å². The van der Waals surface area contributed by atoms with Gasteiger partial charge in [0.05, 0.1) is 0 Å². The molecule has 1 aromatic heterocycles. The Morgan fingerprint density at radius 3 is 2.30 bits per heavy atom. The van der Waals surface area contributed by atoms with Crippen molar-refractivity contribution in [2.75, 3.05) is 0 Å². The molecule has 0 radical (unpaired) electrons. The maximum absolute atomic E-state index is 11.7. The van der Waals surface area contributed by atoms with Crippen LogP contribution < -0.4 is 0 Å². The molecule has 3 heteroatoms. The fraction of sp³-hybridized carbons (Fsp3) is 0.583. The van der Waals surface area contributed by atoms with E-state index >= 15 is 0 Å². The Morgan fingerprint density at radius 2 is 1.59 bits per heavy atom. The van der Waals surface area contributed by atoms with Crippen molar-refractivity contribution in [3.05, 3.63) is 54.4 Å². The first-order chi connectivity index (χ1) is 13.3. The second-order valence-electron chi connectivity index (χ2n) is 6.99. The molecule has 0 bridgehead atoms. The van der Waals surface area contributed by atoms with E-state index in [1.807, 2.05) is 12.1 Å². The molecule has 0 unspecified atom stereocenters. The second-order valence-corrected chi connectivity index (χ2v) is 6.99. The van der Waals surface area contributed by atoms with Gasteiger partial charge in [0.25, 0.3) is 0 Å². The molecule has 1 rings (SSSR count). The summed E-state index contributed by atoms with van der Waals surface area (Å²) in [6.45, 7) is 2.56. The van der Waals surface area contributed by atoms with E-state index in [2.05, 4.69) is 36.2 Å². The zero-order valence-electron chi connectivity index (χ0n) is 17.1. The molecule has 0 N–H and O–H groups in total. The molecule has 0 saturated heterocycles. The number of carbonyl (C=O) groups excluding carboxylic acids is 1. The van der Waals surface area contributed by atoms with Crippen LogP contribution in [0.25, 0.3) is 0 Å². The van der Waals surface area contributed by atoms with Crippen molar-refractivity contribution in [2.45, 2.75) is 90.6 Å². The van der Waals surface area contributed by atoms with Gasteiger partial charge in [-0.15, -0.1) is 0 Å². The molecule has 0 aromatic carbocycles. The van der Waals surface area contributed by atoms with Crippen LogP contribution in [0, 0.1) is 0 Å². The van der Waals surface area contributed by atoms with Crippen molar-refractivity contribution in [1.82, 2.24) is 4.98 Å². The number of allylic oxidation sites excluding steroid dienone is 4. The lowest BCUT2D eigenvalue weighted by molar-refractivity contribution is -0.145. The molecule has 0 saturated carbocycles. The lowest BCUT2D eigenvalue weighted by Crippen LogP contribution is -2.04. The minimum Gasteiger partial charge on any atom is -0.461 e. The van der Waals surface area contributed by atoms with E-state index in [0.717, 1.165) is 31.2 Å². The highest BCUT2D eigenvalue weighted by atomic mass is 16.5. The molecule has 150 valence electrons. The highest BCUT2D eigenvalue weighted by Crippen LogP contribution is 2.09. The van der Waals surface area contributed by atoms with Gasteiger partial charge in [0.2, 0.25) is 0 Å². The number of rotatable bonds is 16. The number of aromatic nitrogens is 1. The third-order valence-electron chi connectivity index (χ3n) is 4.43. The molecule has 0 fully saturated rings. The molecule has 0 aliphatic heterocycles. The second kappa shape index (κ2) is 17.5. The van der Waals surface area contributed by atoms with E-state index in [4.69, 9.17) is 4.74 Å². The average Bonchev–Trinajstić information content (AvgIpc) is 2.70. The summed E-state index contributed by atoms with van der Waals surface area (Å²) in [6.07, 6.45) is 26.2. The Labute approximate surface area is 165 Å². The summed E-state index contributed by atoms with van der Waals surface area (Å²) in [6, 6.07) is 3.77. The van der Waals surface area contributed by atoms with E-state index in [1.165, 1.54) is 44.9 Å². The van der Waals surface area contributed by atoms with Gasteiger partial charge in [-0.1, -0.05) is 69.4 Å². The maximum Gasteiger partial charge on any atom is 0.306 e. The predicted octanol–water partition coefficient (Wildman–Crippen LogP) is 6.94. The van der Waals surface area contributed by atoms with Gasteiger partial charge in [-0.3, -0.25) is 9.78 Å². The summed E-state index contributed by atoms with van der Waals surface area (Å²) in [5.74, 6) is -0.106. The number of hydrogen-bond donors (Lipinski definition) is 0. The van der Waals surface area contributed by atoms with Crippen LogP contribution in [0.1, 0.15) is 89.5 Å². The Morgan fingerprint density at radius 1 is 0.926 bits per heavy atom. The number of unbranched alkanes of at least 4 members (excludes halogenated alkanes) is 8. The molecule has 0 aliphatic carbocycles. The zero-order valence-corrected chi connectivity index (χ0v) is 17.1. The number of hydrogen-bond acceptors (Lipinski definition) is 3. The molecule has 1 heterocycles. The number of ether oxygens (including phenoxy) is 1. The number of carbonyl (C=O) groups is 1. The Balaban J connectivity index is 1.85. The van der Waals surface area contributed by atoms with Crippen molar-refractivity contribution >= 4 is 5.97 Å². The van der Waals surface area contributed by atoms with Gasteiger partial charge in [0, 0.05) is 24.4 Å². The quantitative estimate of drug-likeness (QED) is 0.179. The smallest absolute Gasteiger partial charge is 0.306 e. The number of pyridine rings is 1. The van der Waals surface area contributed by atoms with Gasteiger partial charge in [-0.2, -0.15) is 0 Å². The Kier molecular flexibility index (Phi) is 15.0. The van der Waals surface area contributed by atoms with Crippen molar-refractivity contribution in [3.8, 4) is 0 Å². The normalized spacial score (nSPS) is 11.4. The van der Waals surface area contributed by atoms with E-state index in [-0.39, 0.29) is 5.97 Å². The Hall–Kier alpha value is -1.90. The first-order valence-corrected chi connectivity index (χ1v) is 10.7. The highest BCUT2D eigenvalue weighted by molar-refractivity contribution is 5.69. The molecule has 0 atom stereocenters. The molecule has 0 aliphatic rings. The SMILES string of the molecule is CCCC/C=C/CC/C=C\CCCCCCCC(=O)OCc1cccnc1. The van der Waals surface area contributed by atoms with Crippen LogP contribution in [0.2, 0.25) is 0 Å². The number of nitrogens with zero attached hydrogens (tertiary/aromatic N) is 1. The minimum atomic E-state index is -0.106. The molecule has 3 nitrogen and oxygen atoms in total. The first kappa shape index (κ1) is 23.1. The van der Waals surface area contributed by atoms with Crippen LogP contribution in [-0.4, -0.2) is 11.0 Å². The molecule has 27 heavy (non-hydrogen) atoms. The summed E-state index contributed by atoms with van der Waals surface area (Å²) in [5, 5.41) is 0. The van der Waals surface area contributed by atoms with Crippen molar-refractivity contribution in [3.63, 3.8) is 0 Å². The summed E-state index contributed by atoms with van der Waals surface area (Å²) in [5.41, 5.74) is 0.936. The summed E-state index contributed by atoms with van der Waals surface area (Å²) >= 11 is 0. The third-order valence-corrected chi connectivity index (χ3v) is 4.43. The summed E-state index contributed by atoms with van der Waals surface area (Å²) in [4.78, 5) is 15.7. The van der Waals surface area contributed by atoms with Crippen molar-refractivity contribution < 1.29 is 9.53 Å². The topological polar surface area (TPSA) is 39.2 Å². The van der Waals surface area contributed by atoms with Crippen LogP contribution in [0.3, 0.4) is 0 Å². The largest absolute Gasteiger partial charge is 0.461 e. The summed E-state index contributed by atoms with van der Waals surface area (Å²) < 4.78 is 5.25. The third kappa shape index (κ3) is 14.9. The van der Waals surface area contributed by atoms with Gasteiger partial charge in [0.15, 0.2) is 0 Å². The van der Waals surface area contributed by atoms with Gasteiger partial charge in [-0.05, 0) is 44.6 Å². The van der Waals surface area contributed by atoms with Crippen LogP contribution >= 0.6 is 0 Å². The molecule has 0 amide bonds. The van der Waals surface area contributed by atoms with Crippen LogP contribution in [0.5, 0.6) is 0 Å². The van der Waals surface area contributed by atoms with E-state index in [9.17, 15) is 4.79 Å². The first-order valence-electron chi connectivity index (χ1n) is 10.7. The van der Waals surface area contributed by atoms with E-state index in [0.29, 0.717) is 13.0 Å². The summed E-state index contributed by atoms with van der Waals surface area (Å²) in [7, 11) is 0. The van der Waals surface area contributed by atoms with Gasteiger partial charge in [-0.25, -0.2) is 0 Å². The van der Waals surface area contributed by atoms with Crippen molar-refractivity contribution in [2.24, 2.45) is 0 Å². The molecule has 0 spiro atoms. The standard InChI is InChI=1S/C24H37NO2/c1-2-3-4-5-6-7-8-9-10-11-12-13-14-15-16-19-24(26)27-22-23-18-17-20-25-21-23/h5-6,9-10,17-18,20-21H,2-4,7-8,11-16,19,22H2,1H3/b6-5+,10-9-. The van der Waals surface area contributed by atoms with Gasteiger partial charge < -0.3 is 4.74 Å². The Bertz CT molecular complexity index is 522. The van der Waals surface area contributed by atoms with E-state index < -0.39 is 0 Å².